The predicted octanol–water partition coefficient (Wildman–Crippen LogP) is 1.76. The topological polar surface area (TPSA) is 70.1 Å². The van der Waals surface area contributed by atoms with E-state index in [9.17, 15) is 4.79 Å². The fourth-order valence-corrected chi connectivity index (χ4v) is 3.05. The highest BCUT2D eigenvalue weighted by Gasteiger charge is 2.17. The van der Waals surface area contributed by atoms with Crippen LogP contribution < -0.4 is 5.73 Å². The summed E-state index contributed by atoms with van der Waals surface area (Å²) in [5.41, 5.74) is 7.58. The van der Waals surface area contributed by atoms with E-state index in [1.807, 2.05) is 14.0 Å². The zero-order valence-corrected chi connectivity index (χ0v) is 13.1. The number of nitrogens with two attached hydrogens (primary N) is 1. The van der Waals surface area contributed by atoms with Gasteiger partial charge in [0.25, 0.3) is 0 Å². The van der Waals surface area contributed by atoms with E-state index in [-0.39, 0.29) is 5.97 Å². The Bertz CT molecular complexity index is 437. The maximum absolute atomic E-state index is 11.4. The van der Waals surface area contributed by atoms with Gasteiger partial charge in [-0.2, -0.15) is 16.9 Å². The predicted molar refractivity (Wildman–Crippen MR) is 78.4 cm³/mol. The summed E-state index contributed by atoms with van der Waals surface area (Å²) in [6, 6.07) is -0.595. The number of hydrogen-bond acceptors (Lipinski definition) is 5. The number of thioether (sulfide) groups is 1. The van der Waals surface area contributed by atoms with Crippen LogP contribution in [0.1, 0.15) is 25.2 Å². The molecule has 0 spiro atoms. The molecule has 0 amide bonds. The van der Waals surface area contributed by atoms with Gasteiger partial charge in [-0.05, 0) is 13.3 Å². The lowest BCUT2D eigenvalue weighted by atomic mass is 10.3. The molecule has 1 aromatic rings. The normalized spacial score (nSPS) is 12.5. The molecule has 0 bridgehead atoms. The van der Waals surface area contributed by atoms with Crippen molar-refractivity contribution in [2.75, 3.05) is 12.4 Å². The number of carbonyl (C=O) groups excluding carboxylic acids is 1. The van der Waals surface area contributed by atoms with Crippen LogP contribution in [0.3, 0.4) is 0 Å². The Labute approximate surface area is 122 Å². The van der Waals surface area contributed by atoms with Crippen LogP contribution in [0.2, 0.25) is 5.02 Å². The van der Waals surface area contributed by atoms with Crippen molar-refractivity contribution in [3.8, 4) is 0 Å². The van der Waals surface area contributed by atoms with Crippen molar-refractivity contribution >= 4 is 29.3 Å². The van der Waals surface area contributed by atoms with Crippen molar-refractivity contribution in [1.29, 1.82) is 0 Å². The molecule has 1 atom stereocenters. The standard InChI is InChI=1S/C12H20ClN3O2S/c1-4-9-11(13)10(16(3)15-9)7-19-6-8(14)12(17)18-5-2/h8H,4-7,14H2,1-3H3. The van der Waals surface area contributed by atoms with Crippen LogP contribution in [-0.4, -0.2) is 34.2 Å². The Balaban J connectivity index is 2.49. The fourth-order valence-electron chi connectivity index (χ4n) is 1.58. The van der Waals surface area contributed by atoms with Crippen LogP contribution in [0, 0.1) is 0 Å². The highest BCUT2D eigenvalue weighted by Crippen LogP contribution is 2.24. The molecule has 0 radical (unpaired) electrons. The third kappa shape index (κ3) is 4.40. The van der Waals surface area contributed by atoms with Crippen LogP contribution in [-0.2, 0) is 28.8 Å². The number of aryl methyl sites for hydroxylation is 2. The van der Waals surface area contributed by atoms with E-state index in [1.54, 1.807) is 23.4 Å². The van der Waals surface area contributed by atoms with E-state index in [4.69, 9.17) is 22.1 Å². The smallest absolute Gasteiger partial charge is 0.323 e. The van der Waals surface area contributed by atoms with Crippen LogP contribution in [0.25, 0.3) is 0 Å². The SMILES string of the molecule is CCOC(=O)C(N)CSCc1c(Cl)c(CC)nn1C. The summed E-state index contributed by atoms with van der Waals surface area (Å²) in [5, 5.41) is 5.05. The van der Waals surface area contributed by atoms with Crippen molar-refractivity contribution in [3.05, 3.63) is 16.4 Å². The van der Waals surface area contributed by atoms with Crippen molar-refractivity contribution in [2.24, 2.45) is 12.8 Å². The molecular formula is C12H20ClN3O2S. The van der Waals surface area contributed by atoms with Gasteiger partial charge in [0.2, 0.25) is 0 Å². The third-order valence-electron chi connectivity index (χ3n) is 2.63. The second kappa shape index (κ2) is 7.77. The first-order valence-corrected chi connectivity index (χ1v) is 7.74. The molecule has 0 saturated heterocycles. The first-order chi connectivity index (χ1) is 9.01. The van der Waals surface area contributed by atoms with Gasteiger partial charge in [-0.25, -0.2) is 0 Å². The largest absolute Gasteiger partial charge is 0.465 e. The monoisotopic (exact) mass is 305 g/mol. The van der Waals surface area contributed by atoms with E-state index in [0.717, 1.165) is 17.8 Å². The number of aromatic nitrogens is 2. The molecule has 2 N–H and O–H groups in total. The Morgan fingerprint density at radius 1 is 1.58 bits per heavy atom. The minimum absolute atomic E-state index is 0.352. The van der Waals surface area contributed by atoms with E-state index in [0.29, 0.717) is 23.1 Å². The zero-order valence-electron chi connectivity index (χ0n) is 11.5. The van der Waals surface area contributed by atoms with Crippen LogP contribution in [0.4, 0.5) is 0 Å². The van der Waals surface area contributed by atoms with Gasteiger partial charge in [0.1, 0.15) is 6.04 Å². The number of nitrogens with zero attached hydrogens (tertiary/aromatic N) is 2. The van der Waals surface area contributed by atoms with Crippen LogP contribution in [0.15, 0.2) is 0 Å². The molecule has 0 aliphatic heterocycles. The van der Waals surface area contributed by atoms with Gasteiger partial charge in [0, 0.05) is 18.6 Å². The first kappa shape index (κ1) is 16.3. The van der Waals surface area contributed by atoms with Crippen molar-refractivity contribution in [1.82, 2.24) is 9.78 Å². The molecule has 1 aromatic heterocycles. The van der Waals surface area contributed by atoms with Crippen molar-refractivity contribution in [3.63, 3.8) is 0 Å². The molecule has 7 heteroatoms. The lowest BCUT2D eigenvalue weighted by Gasteiger charge is -2.10. The zero-order chi connectivity index (χ0) is 14.4. The van der Waals surface area contributed by atoms with E-state index >= 15 is 0 Å². The summed E-state index contributed by atoms with van der Waals surface area (Å²) in [7, 11) is 1.87. The summed E-state index contributed by atoms with van der Waals surface area (Å²) >= 11 is 7.79. The fraction of sp³-hybridized carbons (Fsp3) is 0.667. The average Bonchev–Trinajstić information content (AvgIpc) is 2.65. The Kier molecular flexibility index (Phi) is 6.68. The molecule has 0 aromatic carbocycles. The lowest BCUT2D eigenvalue weighted by molar-refractivity contribution is -0.144. The summed E-state index contributed by atoms with van der Waals surface area (Å²) in [5.74, 6) is 0.817. The number of carbonyl (C=O) groups is 1. The maximum atomic E-state index is 11.4. The van der Waals surface area contributed by atoms with Gasteiger partial charge in [0.15, 0.2) is 0 Å². The lowest BCUT2D eigenvalue weighted by Crippen LogP contribution is -2.34. The quantitative estimate of drug-likeness (QED) is 0.777. The number of hydrogen-bond donors (Lipinski definition) is 1. The molecule has 5 nitrogen and oxygen atoms in total. The Morgan fingerprint density at radius 2 is 2.26 bits per heavy atom. The van der Waals surface area contributed by atoms with Crippen molar-refractivity contribution < 1.29 is 9.53 Å². The van der Waals surface area contributed by atoms with Gasteiger partial charge < -0.3 is 10.5 Å². The summed E-state index contributed by atoms with van der Waals surface area (Å²) in [6.07, 6.45) is 0.805. The summed E-state index contributed by atoms with van der Waals surface area (Å²) in [4.78, 5) is 11.4. The van der Waals surface area contributed by atoms with E-state index < -0.39 is 6.04 Å². The summed E-state index contributed by atoms with van der Waals surface area (Å²) in [6.45, 7) is 4.13. The molecule has 108 valence electrons. The molecule has 0 aliphatic rings. The van der Waals surface area contributed by atoms with Crippen molar-refractivity contribution in [2.45, 2.75) is 32.1 Å². The second-order valence-electron chi connectivity index (χ2n) is 4.06. The van der Waals surface area contributed by atoms with E-state index in [2.05, 4.69) is 5.10 Å². The summed E-state index contributed by atoms with van der Waals surface area (Å²) < 4.78 is 6.64. The van der Waals surface area contributed by atoms with Gasteiger partial charge in [0.05, 0.1) is 23.0 Å². The first-order valence-electron chi connectivity index (χ1n) is 6.21. The highest BCUT2D eigenvalue weighted by molar-refractivity contribution is 7.98. The molecule has 0 saturated carbocycles. The Hall–Kier alpha value is -0.720. The maximum Gasteiger partial charge on any atom is 0.323 e. The number of ether oxygens (including phenoxy) is 1. The third-order valence-corrected chi connectivity index (χ3v) is 4.14. The molecule has 19 heavy (non-hydrogen) atoms. The molecule has 1 heterocycles. The molecule has 1 unspecified atom stereocenters. The van der Waals surface area contributed by atoms with Gasteiger partial charge in [-0.1, -0.05) is 18.5 Å². The van der Waals surface area contributed by atoms with Gasteiger partial charge in [-0.15, -0.1) is 0 Å². The number of halogens is 1. The highest BCUT2D eigenvalue weighted by atomic mass is 35.5. The molecule has 0 aliphatic carbocycles. The second-order valence-corrected chi connectivity index (χ2v) is 5.47. The van der Waals surface area contributed by atoms with Crippen LogP contribution >= 0.6 is 23.4 Å². The van der Waals surface area contributed by atoms with Gasteiger partial charge >= 0.3 is 5.97 Å². The Morgan fingerprint density at radius 3 is 2.79 bits per heavy atom. The number of esters is 1. The molecular weight excluding hydrogens is 286 g/mol. The minimum atomic E-state index is -0.595. The number of rotatable bonds is 7. The van der Waals surface area contributed by atoms with E-state index in [1.165, 1.54) is 0 Å². The molecule has 0 fully saturated rings. The minimum Gasteiger partial charge on any atom is -0.465 e. The average molecular weight is 306 g/mol. The van der Waals surface area contributed by atoms with Crippen LogP contribution in [0.5, 0.6) is 0 Å². The molecule has 1 rings (SSSR count). The van der Waals surface area contributed by atoms with Gasteiger partial charge in [-0.3, -0.25) is 9.48 Å².